The van der Waals surface area contributed by atoms with Gasteiger partial charge in [0.1, 0.15) is 23.3 Å². The lowest BCUT2D eigenvalue weighted by atomic mass is 10.00. The molecule has 0 radical (unpaired) electrons. The molecule has 2 aliphatic rings. The molecule has 1 amide bonds. The van der Waals surface area contributed by atoms with Crippen LogP contribution in [-0.2, 0) is 38.6 Å². The van der Waals surface area contributed by atoms with Crippen molar-refractivity contribution in [2.75, 3.05) is 36.9 Å². The van der Waals surface area contributed by atoms with Crippen LogP contribution in [0.2, 0.25) is 0 Å². The molecule has 0 bridgehead atoms. The lowest BCUT2D eigenvalue weighted by molar-refractivity contribution is -0.141. The van der Waals surface area contributed by atoms with Crippen molar-refractivity contribution in [3.05, 3.63) is 184 Å². The smallest absolute Gasteiger partial charge is 0.347 e. The Hall–Kier alpha value is -7.38. The number of para-hydroxylation sites is 2. The number of H-pyrrole nitrogens is 1. The minimum Gasteiger partial charge on any atom is -0.466 e. The number of hydrogen-bond acceptors (Lipinski definition) is 10. The summed E-state index contributed by atoms with van der Waals surface area (Å²) < 4.78 is 10.4. The molecule has 0 atom stereocenters. The van der Waals surface area contributed by atoms with Gasteiger partial charge >= 0.3 is 11.7 Å². The highest BCUT2D eigenvalue weighted by Gasteiger charge is 2.19. The van der Waals surface area contributed by atoms with Crippen LogP contribution in [0, 0.1) is 0 Å². The molecule has 6 aromatic rings. The molecule has 0 aliphatic carbocycles. The molecule has 1 aromatic heterocycles. The van der Waals surface area contributed by atoms with Crippen LogP contribution < -0.4 is 27.0 Å². The van der Waals surface area contributed by atoms with E-state index in [2.05, 4.69) is 59.9 Å². The van der Waals surface area contributed by atoms with E-state index in [-0.39, 0.29) is 17.6 Å². The minimum absolute atomic E-state index is 0.0440. The second-order valence-corrected chi connectivity index (χ2v) is 13.6. The first-order valence-electron chi connectivity index (χ1n) is 19.6. The number of aromatic amines is 1. The molecule has 306 valence electrons. The molecule has 0 saturated heterocycles. The van der Waals surface area contributed by atoms with Gasteiger partial charge in [-0.15, -0.1) is 0 Å². The number of rotatable bonds is 12. The second kappa shape index (κ2) is 22.0. The van der Waals surface area contributed by atoms with Crippen LogP contribution in [0.5, 0.6) is 0 Å². The topological polar surface area (TPSA) is 171 Å². The summed E-state index contributed by atoms with van der Waals surface area (Å²) in [5.41, 5.74) is 6.82. The van der Waals surface area contributed by atoms with E-state index < -0.39 is 0 Å². The number of amides is 1. The molecule has 3 heterocycles. The number of aliphatic imine (C=N–C) groups is 2. The van der Waals surface area contributed by atoms with Crippen molar-refractivity contribution in [1.29, 1.82) is 0 Å². The summed E-state index contributed by atoms with van der Waals surface area (Å²) in [6.45, 7) is 8.52. The number of amidine groups is 2. The minimum atomic E-state index is -0.355. The first-order valence-corrected chi connectivity index (χ1v) is 19.6. The number of fused-ring (bicyclic) bond motifs is 3. The number of ether oxygens (including phenoxy) is 2. The number of nitrogens with zero attached hydrogens (tertiary/aromatic N) is 3. The molecule has 13 heteroatoms. The maximum Gasteiger partial charge on any atom is 0.347 e. The van der Waals surface area contributed by atoms with Crippen molar-refractivity contribution in [2.24, 2.45) is 9.98 Å². The van der Waals surface area contributed by atoms with Gasteiger partial charge in [-0.3, -0.25) is 19.6 Å². The fourth-order valence-corrected chi connectivity index (χ4v) is 6.24. The number of hydrogen-bond donors (Lipinski definition) is 5. The maximum absolute atomic E-state index is 11.6. The average Bonchev–Trinajstić information content (AvgIpc) is 3.26. The summed E-state index contributed by atoms with van der Waals surface area (Å²) in [6, 6.07) is 43.6. The zero-order valence-corrected chi connectivity index (χ0v) is 33.4. The van der Waals surface area contributed by atoms with E-state index in [0.29, 0.717) is 64.0 Å². The van der Waals surface area contributed by atoms with Gasteiger partial charge in [-0.25, -0.2) is 4.79 Å². The predicted octanol–water partition coefficient (Wildman–Crippen LogP) is 6.73. The summed E-state index contributed by atoms with van der Waals surface area (Å²) in [5.74, 6) is 2.48. The Kier molecular flexibility index (Phi) is 15.5. The molecule has 5 N–H and O–H groups in total. The summed E-state index contributed by atoms with van der Waals surface area (Å²) >= 11 is 0. The van der Waals surface area contributed by atoms with Crippen molar-refractivity contribution < 1.29 is 19.1 Å². The van der Waals surface area contributed by atoms with Crippen molar-refractivity contribution in [3.63, 3.8) is 0 Å². The van der Waals surface area contributed by atoms with Gasteiger partial charge in [-0.1, -0.05) is 116 Å². The lowest BCUT2D eigenvalue weighted by Gasteiger charge is -2.23. The van der Waals surface area contributed by atoms with Crippen LogP contribution in [-0.4, -0.2) is 59.8 Å². The average molecular weight is 805 g/mol. The molecule has 0 saturated carbocycles. The second-order valence-electron chi connectivity index (χ2n) is 13.6. The van der Waals surface area contributed by atoms with E-state index in [9.17, 15) is 14.4 Å². The number of benzene rings is 5. The van der Waals surface area contributed by atoms with Crippen LogP contribution in [0.1, 0.15) is 41.2 Å². The third-order valence-electron chi connectivity index (χ3n) is 9.05. The number of anilines is 2. The molecule has 0 fully saturated rings. The lowest BCUT2D eigenvalue weighted by Crippen LogP contribution is -2.38. The van der Waals surface area contributed by atoms with Gasteiger partial charge in [0.15, 0.2) is 0 Å². The number of nitrogens with one attached hydrogen (secondary N) is 5. The van der Waals surface area contributed by atoms with Gasteiger partial charge < -0.3 is 35.7 Å². The molecule has 8 rings (SSSR count). The van der Waals surface area contributed by atoms with E-state index in [1.54, 1.807) is 0 Å². The molecule has 60 heavy (non-hydrogen) atoms. The zero-order valence-electron chi connectivity index (χ0n) is 33.4. The van der Waals surface area contributed by atoms with Gasteiger partial charge in [-0.05, 0) is 41.0 Å². The zero-order chi connectivity index (χ0) is 41.9. The Morgan fingerprint density at radius 3 is 2.20 bits per heavy atom. The van der Waals surface area contributed by atoms with E-state index in [4.69, 9.17) is 9.47 Å². The molecular formula is C47H48N8O5. The fraction of sp³-hybridized carbons (Fsp3) is 0.191. The van der Waals surface area contributed by atoms with Crippen molar-refractivity contribution in [1.82, 2.24) is 20.6 Å². The Balaban J connectivity index is 0.000000152. The standard InChI is InChI=1S/C17H17N3O2.C16H15N3.C14H16N2O3/c21-17-19-15-9-5-4-8-14(15)16(20-17)18-10-11-22-12-13-6-2-1-3-7-13;1-12-18-15-10-6-5-9-14(15)16(19-12)17-11-13-7-3-2-4-8-13;1-10(17)19-8-4-7-15-14-12-6-3-2-5-11(12)9-13(18)16-14/h1-9H,10-12H2,(H2,18,19,20,21);2-10,18H,1,11H2,(H,17,19);2-3,5-6H,4,7-9H2,1H3,(H,15,16,18). The summed E-state index contributed by atoms with van der Waals surface area (Å²) in [5, 5.41) is 13.2. The Labute approximate surface area is 348 Å². The van der Waals surface area contributed by atoms with Gasteiger partial charge in [0.2, 0.25) is 5.91 Å². The van der Waals surface area contributed by atoms with Gasteiger partial charge in [0, 0.05) is 42.9 Å². The van der Waals surface area contributed by atoms with Crippen LogP contribution in [0.25, 0.3) is 10.9 Å². The summed E-state index contributed by atoms with van der Waals surface area (Å²) in [6.07, 6.45) is 1.03. The molecule has 0 unspecified atom stereocenters. The van der Waals surface area contributed by atoms with E-state index >= 15 is 0 Å². The quantitative estimate of drug-likeness (QED) is 0.0665. The van der Waals surface area contributed by atoms with E-state index in [1.165, 1.54) is 12.5 Å². The monoisotopic (exact) mass is 804 g/mol. The van der Waals surface area contributed by atoms with Crippen LogP contribution in [0.3, 0.4) is 0 Å². The van der Waals surface area contributed by atoms with E-state index in [1.807, 2.05) is 121 Å². The third-order valence-corrected chi connectivity index (χ3v) is 9.05. The Morgan fingerprint density at radius 2 is 1.42 bits per heavy atom. The fourth-order valence-electron chi connectivity index (χ4n) is 6.24. The number of aromatic nitrogens is 2. The number of esters is 1. The van der Waals surface area contributed by atoms with E-state index in [0.717, 1.165) is 50.5 Å². The summed E-state index contributed by atoms with van der Waals surface area (Å²) in [7, 11) is 0. The maximum atomic E-state index is 11.6. The first kappa shape index (κ1) is 42.2. The molecular weight excluding hydrogens is 757 g/mol. The highest BCUT2D eigenvalue weighted by molar-refractivity contribution is 6.12. The van der Waals surface area contributed by atoms with Crippen molar-refractivity contribution >= 4 is 46.0 Å². The molecule has 2 aliphatic heterocycles. The molecule has 0 spiro atoms. The largest absolute Gasteiger partial charge is 0.466 e. The third kappa shape index (κ3) is 12.8. The normalized spacial score (nSPS) is 13.9. The van der Waals surface area contributed by atoms with Gasteiger partial charge in [0.05, 0.1) is 44.0 Å². The highest BCUT2D eigenvalue weighted by Crippen LogP contribution is 2.21. The van der Waals surface area contributed by atoms with Crippen molar-refractivity contribution in [2.45, 2.75) is 32.9 Å². The van der Waals surface area contributed by atoms with Crippen molar-refractivity contribution in [3.8, 4) is 0 Å². The van der Waals surface area contributed by atoms with Gasteiger partial charge in [-0.2, -0.15) is 4.98 Å². The Morgan fingerprint density at radius 1 is 0.750 bits per heavy atom. The molecule has 13 nitrogen and oxygen atoms in total. The first-order chi connectivity index (χ1) is 29.3. The number of carbonyl (C=O) groups is 2. The predicted molar refractivity (Wildman–Crippen MR) is 237 cm³/mol. The van der Waals surface area contributed by atoms with Crippen LogP contribution in [0.15, 0.2) is 161 Å². The van der Waals surface area contributed by atoms with Crippen LogP contribution in [0.4, 0.5) is 11.5 Å². The number of carbonyl (C=O) groups excluding carboxylic acids is 2. The van der Waals surface area contributed by atoms with Crippen LogP contribution >= 0.6 is 0 Å². The SMILES string of the molecule is C=C1NC(=NCc2ccccc2)c2ccccc2N1.CC(=O)OCCCN=C1NC(=O)Cc2ccccc21.O=c1nc(NCCOCc2ccccc2)c2ccccc2[nH]1. The highest BCUT2D eigenvalue weighted by atomic mass is 16.5. The molecule has 5 aromatic carbocycles. The summed E-state index contributed by atoms with van der Waals surface area (Å²) in [4.78, 5) is 49.4. The Bertz CT molecular complexity index is 2500. The van der Waals surface area contributed by atoms with Gasteiger partial charge in [0.25, 0.3) is 0 Å².